The third-order valence-electron chi connectivity index (χ3n) is 5.36. The molecule has 1 aliphatic rings. The van der Waals surface area contributed by atoms with Gasteiger partial charge in [-0.05, 0) is 84.0 Å². The summed E-state index contributed by atoms with van der Waals surface area (Å²) in [6.07, 6.45) is 1.87. The molecule has 2 N–H and O–H groups in total. The maximum atomic E-state index is 14.0. The van der Waals surface area contributed by atoms with Crippen molar-refractivity contribution in [3.05, 3.63) is 93.0 Å². The largest absolute Gasteiger partial charge is 0.392 e. The first-order valence-electron chi connectivity index (χ1n) is 9.82. The highest BCUT2D eigenvalue weighted by Crippen LogP contribution is 2.42. The van der Waals surface area contributed by atoms with Crippen molar-refractivity contribution in [2.24, 2.45) is 5.92 Å². The number of carbonyl (C=O) groups is 1. The van der Waals surface area contributed by atoms with Crippen LogP contribution < -0.4 is 5.32 Å². The van der Waals surface area contributed by atoms with Gasteiger partial charge in [-0.15, -0.1) is 0 Å². The van der Waals surface area contributed by atoms with Gasteiger partial charge in [0.05, 0.1) is 22.7 Å². The normalized spacial score (nSPS) is 14.4. The first-order valence-corrected chi connectivity index (χ1v) is 10.6. The Morgan fingerprint density at radius 2 is 1.81 bits per heavy atom. The Morgan fingerprint density at radius 3 is 2.45 bits per heavy atom. The summed E-state index contributed by atoms with van der Waals surface area (Å²) < 4.78 is 27.4. The standard InChI is InChI=1S/C24H19Cl2F2NO2/c25-20-6-3-15(10-22(20)28)23(14-1-2-14)29-24(31)17-8-13(12-30)7-16(9-17)19-5-4-18(27)11-21(19)26/h3-11,14,23,30H,1-2,12H2,(H,29,31). The highest BCUT2D eigenvalue weighted by molar-refractivity contribution is 6.33. The lowest BCUT2D eigenvalue weighted by atomic mass is 9.98. The molecule has 0 saturated heterocycles. The number of halogens is 4. The lowest BCUT2D eigenvalue weighted by Gasteiger charge is -2.20. The molecule has 0 spiro atoms. The summed E-state index contributed by atoms with van der Waals surface area (Å²) in [4.78, 5) is 13.1. The predicted molar refractivity (Wildman–Crippen MR) is 117 cm³/mol. The molecule has 7 heteroatoms. The number of hydrogen-bond donors (Lipinski definition) is 2. The van der Waals surface area contributed by atoms with Crippen LogP contribution in [0.5, 0.6) is 0 Å². The van der Waals surface area contributed by atoms with E-state index in [1.165, 1.54) is 30.3 Å². The predicted octanol–water partition coefficient (Wildman–Crippen LogP) is 6.31. The quantitative estimate of drug-likeness (QED) is 0.451. The first kappa shape index (κ1) is 21.8. The molecule has 0 aromatic heterocycles. The Morgan fingerprint density at radius 1 is 1.03 bits per heavy atom. The molecule has 0 aliphatic heterocycles. The molecule has 1 amide bonds. The van der Waals surface area contributed by atoms with Crippen LogP contribution in [0.4, 0.5) is 8.78 Å². The van der Waals surface area contributed by atoms with E-state index < -0.39 is 11.6 Å². The van der Waals surface area contributed by atoms with Crippen LogP contribution >= 0.6 is 23.2 Å². The number of benzene rings is 3. The molecule has 3 aromatic rings. The van der Waals surface area contributed by atoms with E-state index in [4.69, 9.17) is 23.2 Å². The second-order valence-corrected chi connectivity index (χ2v) is 8.48. The summed E-state index contributed by atoms with van der Waals surface area (Å²) in [6.45, 7) is -0.276. The second-order valence-electron chi connectivity index (χ2n) is 7.66. The third-order valence-corrected chi connectivity index (χ3v) is 5.98. The van der Waals surface area contributed by atoms with Crippen LogP contribution in [-0.2, 0) is 6.61 Å². The maximum absolute atomic E-state index is 14.0. The Bertz CT molecular complexity index is 1150. The van der Waals surface area contributed by atoms with Crippen LogP contribution in [0, 0.1) is 17.6 Å². The monoisotopic (exact) mass is 461 g/mol. The molecule has 0 heterocycles. The van der Waals surface area contributed by atoms with Crippen molar-refractivity contribution in [2.75, 3.05) is 0 Å². The molecule has 0 radical (unpaired) electrons. The van der Waals surface area contributed by atoms with Crippen LogP contribution in [-0.4, -0.2) is 11.0 Å². The number of rotatable bonds is 6. The van der Waals surface area contributed by atoms with Gasteiger partial charge in [0.15, 0.2) is 0 Å². The lowest BCUT2D eigenvalue weighted by molar-refractivity contribution is 0.0931. The zero-order valence-electron chi connectivity index (χ0n) is 16.3. The zero-order chi connectivity index (χ0) is 22.1. The number of aliphatic hydroxyl groups is 1. The van der Waals surface area contributed by atoms with Crippen LogP contribution in [0.2, 0.25) is 10.0 Å². The van der Waals surface area contributed by atoms with Crippen LogP contribution in [0.1, 0.15) is 40.4 Å². The summed E-state index contributed by atoms with van der Waals surface area (Å²) in [6, 6.07) is 13.1. The van der Waals surface area contributed by atoms with E-state index in [1.807, 2.05) is 0 Å². The van der Waals surface area contributed by atoms with E-state index in [1.54, 1.807) is 24.3 Å². The van der Waals surface area contributed by atoms with E-state index in [2.05, 4.69) is 5.32 Å². The summed E-state index contributed by atoms with van der Waals surface area (Å²) in [5.74, 6) is -1.14. The zero-order valence-corrected chi connectivity index (χ0v) is 17.9. The van der Waals surface area contributed by atoms with Crippen LogP contribution in [0.25, 0.3) is 11.1 Å². The minimum Gasteiger partial charge on any atom is -0.392 e. The summed E-state index contributed by atoms with van der Waals surface area (Å²) in [5.41, 5.74) is 2.62. The van der Waals surface area contributed by atoms with Crippen molar-refractivity contribution in [1.82, 2.24) is 5.32 Å². The lowest BCUT2D eigenvalue weighted by Crippen LogP contribution is -2.30. The fraction of sp³-hybridized carbons (Fsp3) is 0.208. The Balaban J connectivity index is 1.66. The molecular weight excluding hydrogens is 443 g/mol. The molecule has 160 valence electrons. The molecule has 31 heavy (non-hydrogen) atoms. The van der Waals surface area contributed by atoms with Crippen LogP contribution in [0.15, 0.2) is 54.6 Å². The third kappa shape index (κ3) is 4.90. The van der Waals surface area contributed by atoms with E-state index in [-0.39, 0.29) is 34.5 Å². The van der Waals surface area contributed by atoms with E-state index in [0.717, 1.165) is 12.8 Å². The average molecular weight is 462 g/mol. The maximum Gasteiger partial charge on any atom is 0.251 e. The van der Waals surface area contributed by atoms with Gasteiger partial charge in [-0.25, -0.2) is 8.78 Å². The molecule has 3 aromatic carbocycles. The average Bonchev–Trinajstić information content (AvgIpc) is 3.58. The van der Waals surface area contributed by atoms with Crippen molar-refractivity contribution < 1.29 is 18.7 Å². The van der Waals surface area contributed by atoms with Gasteiger partial charge in [0, 0.05) is 11.1 Å². The van der Waals surface area contributed by atoms with Gasteiger partial charge in [0.25, 0.3) is 5.91 Å². The van der Waals surface area contributed by atoms with E-state index >= 15 is 0 Å². The number of aliphatic hydroxyl groups excluding tert-OH is 1. The van der Waals surface area contributed by atoms with Gasteiger partial charge in [0.2, 0.25) is 0 Å². The van der Waals surface area contributed by atoms with Gasteiger partial charge in [-0.3, -0.25) is 4.79 Å². The molecule has 1 fully saturated rings. The number of carbonyl (C=O) groups excluding carboxylic acids is 1. The smallest absolute Gasteiger partial charge is 0.251 e. The minimum atomic E-state index is -0.533. The fourth-order valence-corrected chi connectivity index (χ4v) is 4.02. The molecule has 3 nitrogen and oxygen atoms in total. The Kier molecular flexibility index (Phi) is 6.28. The van der Waals surface area contributed by atoms with Crippen molar-refractivity contribution in [1.29, 1.82) is 0 Å². The first-order chi connectivity index (χ1) is 14.9. The Hall–Kier alpha value is -2.47. The van der Waals surface area contributed by atoms with Crippen molar-refractivity contribution >= 4 is 29.1 Å². The minimum absolute atomic E-state index is 0.0288. The summed E-state index contributed by atoms with van der Waals surface area (Å²) in [5, 5.41) is 12.9. The fourth-order valence-electron chi connectivity index (χ4n) is 3.63. The van der Waals surface area contributed by atoms with Gasteiger partial charge in [-0.1, -0.05) is 29.3 Å². The van der Waals surface area contributed by atoms with Crippen LogP contribution in [0.3, 0.4) is 0 Å². The SMILES string of the molecule is O=C(NC(c1ccc(Cl)c(F)c1)C1CC1)c1cc(CO)cc(-c2ccc(F)cc2Cl)c1. The molecule has 4 rings (SSSR count). The molecule has 0 bridgehead atoms. The van der Waals surface area contributed by atoms with Gasteiger partial charge >= 0.3 is 0 Å². The van der Waals surface area contributed by atoms with Crippen molar-refractivity contribution in [3.63, 3.8) is 0 Å². The topological polar surface area (TPSA) is 49.3 Å². The van der Waals surface area contributed by atoms with E-state index in [9.17, 15) is 18.7 Å². The molecular formula is C24H19Cl2F2NO2. The molecule has 1 atom stereocenters. The van der Waals surface area contributed by atoms with Gasteiger partial charge in [0.1, 0.15) is 11.6 Å². The number of amides is 1. The van der Waals surface area contributed by atoms with Crippen molar-refractivity contribution in [3.8, 4) is 11.1 Å². The number of hydrogen-bond acceptors (Lipinski definition) is 2. The summed E-state index contributed by atoms with van der Waals surface area (Å²) in [7, 11) is 0. The van der Waals surface area contributed by atoms with Crippen molar-refractivity contribution in [2.45, 2.75) is 25.5 Å². The van der Waals surface area contributed by atoms with Gasteiger partial charge < -0.3 is 10.4 Å². The van der Waals surface area contributed by atoms with Gasteiger partial charge in [-0.2, -0.15) is 0 Å². The Labute approximate surface area is 188 Å². The second kappa shape index (κ2) is 8.95. The summed E-state index contributed by atoms with van der Waals surface area (Å²) >= 11 is 12.0. The highest BCUT2D eigenvalue weighted by atomic mass is 35.5. The number of nitrogens with one attached hydrogen (secondary N) is 1. The molecule has 1 unspecified atom stereocenters. The molecule has 1 aliphatic carbocycles. The molecule has 1 saturated carbocycles. The highest BCUT2D eigenvalue weighted by Gasteiger charge is 2.34. The van der Waals surface area contributed by atoms with E-state index in [0.29, 0.717) is 27.8 Å².